The summed E-state index contributed by atoms with van der Waals surface area (Å²) in [6.45, 7) is 1.95. The zero-order chi connectivity index (χ0) is 5.86. The molecule has 0 saturated carbocycles. The molecule has 43 valence electrons. The van der Waals surface area contributed by atoms with E-state index in [0.717, 1.165) is 0 Å². The second kappa shape index (κ2) is 2.99. The molecule has 0 saturated heterocycles. The van der Waals surface area contributed by atoms with E-state index in [-0.39, 0.29) is 6.17 Å². The highest BCUT2D eigenvalue weighted by molar-refractivity contribution is 4.70. The molecule has 7 heavy (non-hydrogen) atoms. The molecule has 0 bridgehead atoms. The molecule has 0 aromatic heterocycles. The van der Waals surface area contributed by atoms with Gasteiger partial charge in [-0.3, -0.25) is 4.90 Å². The summed E-state index contributed by atoms with van der Waals surface area (Å²) in [6, 6.07) is 0. The lowest BCUT2D eigenvalue weighted by atomic mass is 10.4. The van der Waals surface area contributed by atoms with Gasteiger partial charge in [0.2, 0.25) is 0 Å². The van der Waals surface area contributed by atoms with E-state index < -0.39 is 0 Å². The summed E-state index contributed by atoms with van der Waals surface area (Å²) in [5.41, 5.74) is 5.49. The summed E-state index contributed by atoms with van der Waals surface area (Å²) < 4.78 is 0. The van der Waals surface area contributed by atoms with Gasteiger partial charge in [-0.2, -0.15) is 0 Å². The van der Waals surface area contributed by atoms with Crippen LogP contribution in [-0.4, -0.2) is 25.2 Å². The van der Waals surface area contributed by atoms with E-state index in [0.29, 0.717) is 0 Å². The number of rotatable bonds is 2. The minimum atomic E-state index is 0.111. The van der Waals surface area contributed by atoms with Gasteiger partial charge in [0, 0.05) is 0 Å². The molecule has 1 atom stereocenters. The van der Waals surface area contributed by atoms with Gasteiger partial charge in [-0.1, -0.05) is 6.92 Å². The summed E-state index contributed by atoms with van der Waals surface area (Å²) in [4.78, 5) is 1.94. The first-order valence-corrected chi connectivity index (χ1v) is 2.40. The molecule has 0 fully saturated rings. The number of nitrogens with two attached hydrogens (primary N) is 1. The number of hydrogen-bond acceptors (Lipinski definition) is 2. The van der Waals surface area contributed by atoms with Crippen molar-refractivity contribution >= 4 is 0 Å². The smallest absolute Gasteiger partial charge is 0.0596 e. The predicted octanol–water partition coefficient (Wildman–Crippen LogP) is 0.0570. The normalized spacial score (nSPS) is 15.0. The molecule has 0 amide bonds. The van der Waals surface area contributed by atoms with Crippen LogP contribution in [0, 0.1) is 6.42 Å². The van der Waals surface area contributed by atoms with Gasteiger partial charge < -0.3 is 5.73 Å². The van der Waals surface area contributed by atoms with E-state index in [1.54, 1.807) is 0 Å². The molecule has 2 heteroatoms. The maximum Gasteiger partial charge on any atom is 0.0596 e. The molecular weight excluding hydrogens is 88.1 g/mol. The van der Waals surface area contributed by atoms with Gasteiger partial charge in [-0.15, -0.1) is 0 Å². The van der Waals surface area contributed by atoms with Gasteiger partial charge in [0.05, 0.1) is 6.17 Å². The van der Waals surface area contributed by atoms with Gasteiger partial charge in [-0.05, 0) is 20.5 Å². The minimum absolute atomic E-state index is 0.111. The van der Waals surface area contributed by atoms with Gasteiger partial charge in [-0.25, -0.2) is 0 Å². The van der Waals surface area contributed by atoms with Crippen molar-refractivity contribution in [2.45, 2.75) is 13.1 Å². The Hall–Kier alpha value is -0.0800. The highest BCUT2D eigenvalue weighted by atomic mass is 15.2. The molecule has 2 nitrogen and oxygen atoms in total. The van der Waals surface area contributed by atoms with Crippen molar-refractivity contribution in [3.63, 3.8) is 0 Å². The van der Waals surface area contributed by atoms with Crippen LogP contribution in [0.25, 0.3) is 0 Å². The Kier molecular flexibility index (Phi) is 2.96. The molecule has 0 aromatic carbocycles. The average molecular weight is 101 g/mol. The Bertz CT molecular complexity index is 43.3. The molecule has 0 heterocycles. The maximum absolute atomic E-state index is 5.49. The molecule has 0 aliphatic heterocycles. The molecule has 1 radical (unpaired) electrons. The van der Waals surface area contributed by atoms with Gasteiger partial charge in [0.25, 0.3) is 0 Å². The summed E-state index contributed by atoms with van der Waals surface area (Å²) in [5.74, 6) is 0. The molecule has 0 spiro atoms. The second-order valence-electron chi connectivity index (χ2n) is 1.79. The minimum Gasteiger partial charge on any atom is -0.316 e. The topological polar surface area (TPSA) is 29.3 Å². The van der Waals surface area contributed by atoms with Crippen LogP contribution in [0.4, 0.5) is 0 Å². The highest BCUT2D eigenvalue weighted by Gasteiger charge is 1.97. The first kappa shape index (κ1) is 6.92. The van der Waals surface area contributed by atoms with Crippen molar-refractivity contribution in [2.75, 3.05) is 14.1 Å². The summed E-state index contributed by atoms with van der Waals surface area (Å²) in [6.07, 6.45) is 2.06. The Labute approximate surface area is 45.3 Å². The zero-order valence-corrected chi connectivity index (χ0v) is 5.18. The Morgan fingerprint density at radius 3 is 2.00 bits per heavy atom. The van der Waals surface area contributed by atoms with E-state index in [1.807, 2.05) is 32.3 Å². The van der Waals surface area contributed by atoms with Crippen molar-refractivity contribution in [3.8, 4) is 0 Å². The van der Waals surface area contributed by atoms with Crippen LogP contribution in [-0.2, 0) is 0 Å². The van der Waals surface area contributed by atoms with E-state index in [1.165, 1.54) is 0 Å². The fourth-order valence-electron chi connectivity index (χ4n) is 0.298. The van der Waals surface area contributed by atoms with Crippen molar-refractivity contribution in [1.82, 2.24) is 4.90 Å². The van der Waals surface area contributed by atoms with E-state index in [2.05, 4.69) is 0 Å². The lowest BCUT2D eigenvalue weighted by Crippen LogP contribution is -2.35. The fourth-order valence-corrected chi connectivity index (χ4v) is 0.298. The molecule has 2 N–H and O–H groups in total. The van der Waals surface area contributed by atoms with Crippen molar-refractivity contribution in [2.24, 2.45) is 5.73 Å². The number of nitrogens with zero attached hydrogens (tertiary/aromatic N) is 1. The third kappa shape index (κ3) is 2.60. The summed E-state index contributed by atoms with van der Waals surface area (Å²) in [5, 5.41) is 0. The fraction of sp³-hybridized carbons (Fsp3) is 0.800. The molecule has 0 aliphatic carbocycles. The maximum atomic E-state index is 5.49. The third-order valence-electron chi connectivity index (χ3n) is 0.938. The standard InChI is InChI=1S/C5H13N2/c1-4-5(6)7(2)3/h4-5H,6H2,1-3H3. The van der Waals surface area contributed by atoms with E-state index in [4.69, 9.17) is 5.73 Å². The van der Waals surface area contributed by atoms with Gasteiger partial charge in [0.15, 0.2) is 0 Å². The van der Waals surface area contributed by atoms with Crippen molar-refractivity contribution in [1.29, 1.82) is 0 Å². The predicted molar refractivity (Wildman–Crippen MR) is 31.6 cm³/mol. The van der Waals surface area contributed by atoms with E-state index in [9.17, 15) is 0 Å². The molecule has 1 unspecified atom stereocenters. The molecule has 0 rings (SSSR count). The van der Waals surface area contributed by atoms with Crippen LogP contribution in [0.5, 0.6) is 0 Å². The van der Waals surface area contributed by atoms with Crippen LogP contribution in [0.3, 0.4) is 0 Å². The largest absolute Gasteiger partial charge is 0.316 e. The summed E-state index contributed by atoms with van der Waals surface area (Å²) in [7, 11) is 3.90. The Morgan fingerprint density at radius 1 is 1.57 bits per heavy atom. The van der Waals surface area contributed by atoms with Gasteiger partial charge >= 0.3 is 0 Å². The molecule has 0 aliphatic rings. The summed E-state index contributed by atoms with van der Waals surface area (Å²) >= 11 is 0. The third-order valence-corrected chi connectivity index (χ3v) is 0.938. The lowest BCUT2D eigenvalue weighted by Gasteiger charge is -2.16. The van der Waals surface area contributed by atoms with Crippen LogP contribution >= 0.6 is 0 Å². The number of hydrogen-bond donors (Lipinski definition) is 1. The zero-order valence-electron chi connectivity index (χ0n) is 5.18. The average Bonchev–Trinajstić information content (AvgIpc) is 1.65. The molecular formula is C5H13N2. The second-order valence-corrected chi connectivity index (χ2v) is 1.79. The van der Waals surface area contributed by atoms with Gasteiger partial charge in [0.1, 0.15) is 0 Å². The first-order chi connectivity index (χ1) is 3.18. The Balaban J connectivity index is 3.14. The monoisotopic (exact) mass is 101 g/mol. The van der Waals surface area contributed by atoms with Crippen LogP contribution < -0.4 is 5.73 Å². The van der Waals surface area contributed by atoms with Crippen molar-refractivity contribution in [3.05, 3.63) is 6.42 Å². The molecule has 0 aromatic rings. The van der Waals surface area contributed by atoms with Crippen molar-refractivity contribution < 1.29 is 0 Å². The van der Waals surface area contributed by atoms with Crippen LogP contribution in [0.2, 0.25) is 0 Å². The first-order valence-electron chi connectivity index (χ1n) is 2.40. The highest BCUT2D eigenvalue weighted by Crippen LogP contribution is 1.85. The van der Waals surface area contributed by atoms with E-state index >= 15 is 0 Å². The SMILES string of the molecule is C[CH]C(N)N(C)C. The quantitative estimate of drug-likeness (QED) is 0.498. The Morgan fingerprint density at radius 2 is 2.00 bits per heavy atom. The van der Waals surface area contributed by atoms with Crippen LogP contribution in [0.1, 0.15) is 6.92 Å². The van der Waals surface area contributed by atoms with Crippen LogP contribution in [0.15, 0.2) is 0 Å². The lowest BCUT2D eigenvalue weighted by molar-refractivity contribution is 0.334.